The van der Waals surface area contributed by atoms with E-state index in [9.17, 15) is 4.79 Å². The number of hydrogen-bond donors (Lipinski definition) is 2. The first-order chi connectivity index (χ1) is 16.7. The van der Waals surface area contributed by atoms with E-state index in [2.05, 4.69) is 15.3 Å². The molecule has 0 saturated carbocycles. The molecule has 35 heavy (non-hydrogen) atoms. The topological polar surface area (TPSA) is 112 Å². The zero-order chi connectivity index (χ0) is 25.8. The predicted octanol–water partition coefficient (Wildman–Crippen LogP) is 5.42. The molecule has 0 bridgehead atoms. The summed E-state index contributed by atoms with van der Waals surface area (Å²) < 4.78 is 21.3. The Morgan fingerprint density at radius 2 is 1.49 bits per heavy atom. The number of para-hydroxylation sites is 1. The lowest BCUT2D eigenvalue weighted by molar-refractivity contribution is 0.0300. The van der Waals surface area contributed by atoms with E-state index in [0.717, 1.165) is 11.3 Å². The molecule has 3 aromatic rings. The SMILES string of the molecule is CC(C)OC(C)C.COc1cc(OC)nc(Oc2ccccc2CNc2ccc(C(=O)O)cc2)n1. The van der Waals surface area contributed by atoms with Gasteiger partial charge in [-0.05, 0) is 58.0 Å². The lowest BCUT2D eigenvalue weighted by atomic mass is 10.1. The van der Waals surface area contributed by atoms with Crippen LogP contribution in [0.5, 0.6) is 23.5 Å². The molecule has 0 aliphatic rings. The van der Waals surface area contributed by atoms with E-state index >= 15 is 0 Å². The summed E-state index contributed by atoms with van der Waals surface area (Å²) in [5.74, 6) is 0.276. The lowest BCUT2D eigenvalue weighted by Gasteiger charge is -2.12. The van der Waals surface area contributed by atoms with Gasteiger partial charge in [-0.25, -0.2) is 4.79 Å². The van der Waals surface area contributed by atoms with Gasteiger partial charge in [0, 0.05) is 17.8 Å². The molecular weight excluding hydrogens is 450 g/mol. The Labute approximate surface area is 206 Å². The Bertz CT molecular complexity index is 1040. The summed E-state index contributed by atoms with van der Waals surface area (Å²) in [6.45, 7) is 8.63. The van der Waals surface area contributed by atoms with Crippen LogP contribution in [0.25, 0.3) is 0 Å². The summed E-state index contributed by atoms with van der Waals surface area (Å²) in [7, 11) is 3.00. The Morgan fingerprint density at radius 1 is 0.914 bits per heavy atom. The molecule has 0 spiro atoms. The molecule has 0 saturated heterocycles. The van der Waals surface area contributed by atoms with E-state index in [4.69, 9.17) is 24.1 Å². The molecule has 0 amide bonds. The van der Waals surface area contributed by atoms with E-state index in [0.29, 0.717) is 36.3 Å². The number of carbonyl (C=O) groups is 1. The average Bonchev–Trinajstić information content (AvgIpc) is 2.83. The second-order valence-electron chi connectivity index (χ2n) is 7.91. The molecule has 1 aromatic heterocycles. The third-order valence-electron chi connectivity index (χ3n) is 4.41. The number of aromatic nitrogens is 2. The number of ether oxygens (including phenoxy) is 4. The maximum absolute atomic E-state index is 10.9. The summed E-state index contributed by atoms with van der Waals surface area (Å²) >= 11 is 0. The minimum atomic E-state index is -0.959. The van der Waals surface area contributed by atoms with Crippen molar-refractivity contribution in [3.05, 3.63) is 65.7 Å². The van der Waals surface area contributed by atoms with Crippen LogP contribution in [-0.4, -0.2) is 47.5 Å². The molecule has 0 atom stereocenters. The fourth-order valence-corrected chi connectivity index (χ4v) is 2.96. The summed E-state index contributed by atoms with van der Waals surface area (Å²) in [6.07, 6.45) is 0.750. The molecule has 0 aliphatic heterocycles. The van der Waals surface area contributed by atoms with Crippen LogP contribution >= 0.6 is 0 Å². The molecule has 9 heteroatoms. The molecule has 1 heterocycles. The molecule has 0 aliphatic carbocycles. The van der Waals surface area contributed by atoms with Crippen LogP contribution in [0.1, 0.15) is 43.6 Å². The fourth-order valence-electron chi connectivity index (χ4n) is 2.96. The smallest absolute Gasteiger partial charge is 0.335 e. The maximum atomic E-state index is 10.9. The third kappa shape index (κ3) is 9.50. The van der Waals surface area contributed by atoms with Crippen molar-refractivity contribution in [2.24, 2.45) is 0 Å². The molecule has 9 nitrogen and oxygen atoms in total. The number of nitrogens with one attached hydrogen (secondary N) is 1. The van der Waals surface area contributed by atoms with Gasteiger partial charge in [0.05, 0.1) is 38.1 Å². The zero-order valence-corrected chi connectivity index (χ0v) is 20.9. The summed E-state index contributed by atoms with van der Waals surface area (Å²) in [5.41, 5.74) is 1.90. The van der Waals surface area contributed by atoms with Gasteiger partial charge in [-0.3, -0.25) is 0 Å². The standard InChI is InChI=1S/C20H19N3O5.C6H14O/c1-26-17-11-18(27-2)23-20(22-17)28-16-6-4-3-5-14(16)12-21-15-9-7-13(8-10-15)19(24)25;1-5(2)7-6(3)4/h3-11,21H,12H2,1-2H3,(H,24,25);5-6H,1-4H3. The number of carboxylic acids is 1. The first-order valence-electron chi connectivity index (χ1n) is 11.2. The van der Waals surface area contributed by atoms with E-state index in [1.165, 1.54) is 14.2 Å². The second kappa shape index (κ2) is 13.8. The van der Waals surface area contributed by atoms with Gasteiger partial charge < -0.3 is 29.4 Å². The zero-order valence-electron chi connectivity index (χ0n) is 20.9. The van der Waals surface area contributed by atoms with Crippen LogP contribution in [0.2, 0.25) is 0 Å². The molecule has 2 N–H and O–H groups in total. The third-order valence-corrected chi connectivity index (χ3v) is 4.41. The number of carboxylic acid groups (broad SMARTS) is 1. The largest absolute Gasteiger partial charge is 0.481 e. The maximum Gasteiger partial charge on any atom is 0.335 e. The van der Waals surface area contributed by atoms with E-state index in [-0.39, 0.29) is 11.6 Å². The minimum Gasteiger partial charge on any atom is -0.481 e. The van der Waals surface area contributed by atoms with Gasteiger partial charge in [0.2, 0.25) is 11.8 Å². The van der Waals surface area contributed by atoms with Gasteiger partial charge in [-0.15, -0.1) is 0 Å². The van der Waals surface area contributed by atoms with Crippen LogP contribution < -0.4 is 19.5 Å². The highest BCUT2D eigenvalue weighted by atomic mass is 16.5. The lowest BCUT2D eigenvalue weighted by Crippen LogP contribution is -2.09. The quantitative estimate of drug-likeness (QED) is 0.390. The number of anilines is 1. The summed E-state index contributed by atoms with van der Waals surface area (Å²) in [5, 5.41) is 12.2. The summed E-state index contributed by atoms with van der Waals surface area (Å²) in [4.78, 5) is 19.3. The Hall–Kier alpha value is -3.85. The number of aromatic carboxylic acids is 1. The van der Waals surface area contributed by atoms with Crippen LogP contribution in [0.15, 0.2) is 54.6 Å². The van der Waals surface area contributed by atoms with Crippen molar-refractivity contribution >= 4 is 11.7 Å². The van der Waals surface area contributed by atoms with Crippen molar-refractivity contribution in [3.63, 3.8) is 0 Å². The second-order valence-corrected chi connectivity index (χ2v) is 7.91. The number of rotatable bonds is 10. The number of hydrogen-bond acceptors (Lipinski definition) is 8. The Morgan fingerprint density at radius 3 is 1.97 bits per heavy atom. The fraction of sp³-hybridized carbons (Fsp3) is 0.346. The Kier molecular flexibility index (Phi) is 10.8. The highest BCUT2D eigenvalue weighted by Crippen LogP contribution is 2.27. The number of benzene rings is 2. The molecule has 0 unspecified atom stereocenters. The van der Waals surface area contributed by atoms with Crippen LogP contribution in [0.3, 0.4) is 0 Å². The van der Waals surface area contributed by atoms with E-state index in [1.54, 1.807) is 36.4 Å². The average molecular weight is 484 g/mol. The summed E-state index contributed by atoms with van der Waals surface area (Å²) in [6, 6.07) is 15.6. The van der Waals surface area contributed by atoms with Crippen molar-refractivity contribution in [3.8, 4) is 23.5 Å². The highest BCUT2D eigenvalue weighted by molar-refractivity contribution is 5.88. The van der Waals surface area contributed by atoms with Gasteiger partial charge in [0.25, 0.3) is 0 Å². The Balaban J connectivity index is 0.000000540. The van der Waals surface area contributed by atoms with Crippen molar-refractivity contribution in [2.45, 2.75) is 46.4 Å². The number of nitrogens with zero attached hydrogens (tertiary/aromatic N) is 2. The monoisotopic (exact) mass is 483 g/mol. The van der Waals surface area contributed by atoms with Crippen LogP contribution in [0, 0.1) is 0 Å². The molecule has 188 valence electrons. The molecular formula is C26H33N3O6. The van der Waals surface area contributed by atoms with Crippen molar-refractivity contribution in [1.29, 1.82) is 0 Å². The molecule has 0 radical (unpaired) electrons. The van der Waals surface area contributed by atoms with E-state index in [1.807, 2.05) is 45.9 Å². The van der Waals surface area contributed by atoms with Crippen molar-refractivity contribution in [1.82, 2.24) is 9.97 Å². The number of methoxy groups -OCH3 is 2. The van der Waals surface area contributed by atoms with Crippen molar-refractivity contribution < 1.29 is 28.8 Å². The van der Waals surface area contributed by atoms with Gasteiger partial charge in [0.15, 0.2) is 0 Å². The molecule has 3 rings (SSSR count). The molecule has 2 aromatic carbocycles. The first-order valence-corrected chi connectivity index (χ1v) is 11.2. The van der Waals surface area contributed by atoms with Crippen LogP contribution in [-0.2, 0) is 11.3 Å². The van der Waals surface area contributed by atoms with Gasteiger partial charge >= 0.3 is 12.0 Å². The first kappa shape index (κ1) is 27.4. The predicted molar refractivity (Wildman–Crippen MR) is 134 cm³/mol. The van der Waals surface area contributed by atoms with Crippen molar-refractivity contribution in [2.75, 3.05) is 19.5 Å². The highest BCUT2D eigenvalue weighted by Gasteiger charge is 2.11. The minimum absolute atomic E-state index is 0.106. The van der Waals surface area contributed by atoms with Gasteiger partial charge in [0.1, 0.15) is 5.75 Å². The normalized spacial score (nSPS) is 10.4. The van der Waals surface area contributed by atoms with Crippen LogP contribution in [0.4, 0.5) is 5.69 Å². The molecule has 0 fully saturated rings. The van der Waals surface area contributed by atoms with E-state index < -0.39 is 5.97 Å². The van der Waals surface area contributed by atoms with Gasteiger partial charge in [-0.2, -0.15) is 9.97 Å². The van der Waals surface area contributed by atoms with Gasteiger partial charge in [-0.1, -0.05) is 18.2 Å².